The minimum Gasteiger partial charge on any atom is -0.383 e. The molecule has 1 rings (SSSR count). The van der Waals surface area contributed by atoms with Gasteiger partial charge in [0.1, 0.15) is 0 Å². The van der Waals surface area contributed by atoms with Crippen molar-refractivity contribution in [1.29, 1.82) is 0 Å². The van der Waals surface area contributed by atoms with E-state index < -0.39 is 0 Å². The molecule has 0 bridgehead atoms. The maximum absolute atomic E-state index is 5.47. The van der Waals surface area contributed by atoms with E-state index in [4.69, 9.17) is 14.2 Å². The molecule has 0 amide bonds. The number of methoxy groups -OCH3 is 3. The highest BCUT2D eigenvalue weighted by molar-refractivity contribution is 4.90. The summed E-state index contributed by atoms with van der Waals surface area (Å²) in [6.07, 6.45) is 0.321. The maximum Gasteiger partial charge on any atom is 0.0971 e. The van der Waals surface area contributed by atoms with E-state index in [1.165, 1.54) is 0 Å². The summed E-state index contributed by atoms with van der Waals surface area (Å²) in [6, 6.07) is 0.860. The molecule has 0 aliphatic carbocycles. The van der Waals surface area contributed by atoms with Crippen LogP contribution in [-0.2, 0) is 14.2 Å². The molecule has 1 aliphatic heterocycles. The largest absolute Gasteiger partial charge is 0.383 e. The third-order valence-corrected chi connectivity index (χ3v) is 3.49. The average molecular weight is 260 g/mol. The third-order valence-electron chi connectivity index (χ3n) is 3.49. The van der Waals surface area contributed by atoms with Gasteiger partial charge in [0.2, 0.25) is 0 Å². The second-order valence-corrected chi connectivity index (χ2v) is 5.17. The molecule has 0 spiro atoms. The first-order valence-electron chi connectivity index (χ1n) is 6.64. The van der Waals surface area contributed by atoms with Crippen molar-refractivity contribution >= 4 is 0 Å². The lowest BCUT2D eigenvalue weighted by Gasteiger charge is -2.28. The van der Waals surface area contributed by atoms with Crippen molar-refractivity contribution in [3.05, 3.63) is 0 Å². The van der Waals surface area contributed by atoms with Crippen molar-refractivity contribution in [2.45, 2.75) is 38.1 Å². The van der Waals surface area contributed by atoms with Gasteiger partial charge < -0.3 is 19.5 Å². The van der Waals surface area contributed by atoms with Crippen LogP contribution in [0.4, 0.5) is 0 Å². The highest BCUT2D eigenvalue weighted by atomic mass is 16.5. The number of hydrogen-bond acceptors (Lipinski definition) is 5. The molecule has 1 saturated heterocycles. The summed E-state index contributed by atoms with van der Waals surface area (Å²) in [6.45, 7) is 7.78. The van der Waals surface area contributed by atoms with Crippen LogP contribution in [0.25, 0.3) is 0 Å². The van der Waals surface area contributed by atoms with Gasteiger partial charge in [-0.05, 0) is 0 Å². The van der Waals surface area contributed by atoms with E-state index in [2.05, 4.69) is 24.1 Å². The van der Waals surface area contributed by atoms with Gasteiger partial charge in [-0.2, -0.15) is 0 Å². The van der Waals surface area contributed by atoms with Crippen LogP contribution >= 0.6 is 0 Å². The molecule has 5 nitrogen and oxygen atoms in total. The first-order valence-corrected chi connectivity index (χ1v) is 6.64. The fourth-order valence-electron chi connectivity index (χ4n) is 2.38. The van der Waals surface area contributed by atoms with Crippen molar-refractivity contribution in [3.8, 4) is 0 Å². The lowest BCUT2D eigenvalue weighted by atomic mass is 10.2. The molecule has 3 unspecified atom stereocenters. The van der Waals surface area contributed by atoms with Crippen molar-refractivity contribution in [2.24, 2.45) is 0 Å². The fourth-order valence-corrected chi connectivity index (χ4v) is 2.38. The van der Waals surface area contributed by atoms with Gasteiger partial charge in [-0.25, -0.2) is 0 Å². The van der Waals surface area contributed by atoms with Crippen LogP contribution in [0.1, 0.15) is 13.8 Å². The number of hydrogen-bond donors (Lipinski definition) is 1. The summed E-state index contributed by atoms with van der Waals surface area (Å²) >= 11 is 0. The minimum absolute atomic E-state index is 0.161. The Kier molecular flexibility index (Phi) is 7.11. The van der Waals surface area contributed by atoms with E-state index in [0.717, 1.165) is 26.2 Å². The van der Waals surface area contributed by atoms with E-state index in [1.807, 2.05) is 0 Å². The third kappa shape index (κ3) is 4.48. The highest BCUT2D eigenvalue weighted by Gasteiger charge is 2.36. The van der Waals surface area contributed by atoms with E-state index in [9.17, 15) is 0 Å². The monoisotopic (exact) mass is 260 g/mol. The number of ether oxygens (including phenoxy) is 3. The topological polar surface area (TPSA) is 43.0 Å². The first-order chi connectivity index (χ1) is 8.62. The Morgan fingerprint density at radius 1 is 1.11 bits per heavy atom. The zero-order valence-corrected chi connectivity index (χ0v) is 12.3. The van der Waals surface area contributed by atoms with Crippen LogP contribution in [0.3, 0.4) is 0 Å². The van der Waals surface area contributed by atoms with Crippen molar-refractivity contribution < 1.29 is 14.2 Å². The van der Waals surface area contributed by atoms with E-state index >= 15 is 0 Å². The molecule has 1 N–H and O–H groups in total. The zero-order valence-electron chi connectivity index (χ0n) is 12.3. The number of likely N-dealkylation sites (tertiary alicyclic amines) is 1. The Morgan fingerprint density at radius 2 is 1.67 bits per heavy atom. The van der Waals surface area contributed by atoms with E-state index in [0.29, 0.717) is 12.1 Å². The zero-order chi connectivity index (χ0) is 13.5. The van der Waals surface area contributed by atoms with Crippen LogP contribution in [0.2, 0.25) is 0 Å². The van der Waals surface area contributed by atoms with Crippen LogP contribution in [0, 0.1) is 0 Å². The highest BCUT2D eigenvalue weighted by Crippen LogP contribution is 2.18. The second kappa shape index (κ2) is 8.07. The fraction of sp³-hybridized carbons (Fsp3) is 1.00. The molecule has 0 aromatic rings. The molecule has 18 heavy (non-hydrogen) atoms. The van der Waals surface area contributed by atoms with Crippen LogP contribution in [0.15, 0.2) is 0 Å². The molecule has 5 heteroatoms. The summed E-state index contributed by atoms with van der Waals surface area (Å²) in [4.78, 5) is 2.39. The molecule has 108 valence electrons. The smallest absolute Gasteiger partial charge is 0.0971 e. The lowest BCUT2D eigenvalue weighted by Crippen LogP contribution is -2.46. The molecule has 0 radical (unpaired) electrons. The average Bonchev–Trinajstić information content (AvgIpc) is 2.77. The minimum atomic E-state index is 0.161. The van der Waals surface area contributed by atoms with Crippen LogP contribution < -0.4 is 5.32 Å². The SMILES string of the molecule is COCC(CNC(C)C)N1CC(OC)C(OC)C1. The molecule has 1 aliphatic rings. The van der Waals surface area contributed by atoms with Gasteiger partial charge in [-0.1, -0.05) is 13.8 Å². The molecule has 1 heterocycles. The Balaban J connectivity index is 2.52. The first kappa shape index (κ1) is 15.9. The summed E-state index contributed by atoms with van der Waals surface area (Å²) in [7, 11) is 5.25. The molecule has 1 fully saturated rings. The Labute approximate surface area is 111 Å². The predicted octanol–water partition coefficient (Wildman–Crippen LogP) is 0.345. The second-order valence-electron chi connectivity index (χ2n) is 5.17. The van der Waals surface area contributed by atoms with Gasteiger partial charge in [-0.15, -0.1) is 0 Å². The lowest BCUT2D eigenvalue weighted by molar-refractivity contribution is -0.00461. The summed E-state index contributed by atoms with van der Waals surface area (Å²) in [5.74, 6) is 0. The van der Waals surface area contributed by atoms with Gasteiger partial charge in [0.25, 0.3) is 0 Å². The van der Waals surface area contributed by atoms with Crippen LogP contribution in [0.5, 0.6) is 0 Å². The Morgan fingerprint density at radius 3 is 2.06 bits per heavy atom. The molecule has 0 aromatic heterocycles. The van der Waals surface area contributed by atoms with Crippen LogP contribution in [-0.4, -0.2) is 76.8 Å². The number of nitrogens with zero attached hydrogens (tertiary/aromatic N) is 1. The Bertz CT molecular complexity index is 214. The predicted molar refractivity (Wildman–Crippen MR) is 72.0 cm³/mol. The van der Waals surface area contributed by atoms with Crippen molar-refractivity contribution in [2.75, 3.05) is 47.6 Å². The van der Waals surface area contributed by atoms with Crippen molar-refractivity contribution in [1.82, 2.24) is 10.2 Å². The molecular formula is C13H28N2O3. The van der Waals surface area contributed by atoms with E-state index in [-0.39, 0.29) is 12.2 Å². The number of nitrogens with one attached hydrogen (secondary N) is 1. The summed E-state index contributed by atoms with van der Waals surface area (Å²) in [5, 5.41) is 3.47. The Hall–Kier alpha value is -0.200. The maximum atomic E-state index is 5.47. The van der Waals surface area contributed by atoms with Gasteiger partial charge in [0.05, 0.1) is 18.8 Å². The standard InChI is InChI=1S/C13H28N2O3/c1-10(2)14-6-11(9-16-3)15-7-12(17-4)13(8-15)18-5/h10-14H,6-9H2,1-5H3. The quantitative estimate of drug-likeness (QED) is 0.682. The normalized spacial score (nSPS) is 27.0. The summed E-state index contributed by atoms with van der Waals surface area (Å²) < 4.78 is 16.3. The molecule has 0 saturated carbocycles. The van der Waals surface area contributed by atoms with Gasteiger partial charge in [0, 0.05) is 53.0 Å². The molecular weight excluding hydrogens is 232 g/mol. The molecule has 3 atom stereocenters. The number of rotatable bonds is 8. The molecule has 0 aromatic carbocycles. The van der Waals surface area contributed by atoms with Crippen molar-refractivity contribution in [3.63, 3.8) is 0 Å². The van der Waals surface area contributed by atoms with Gasteiger partial charge in [-0.3, -0.25) is 4.90 Å². The van der Waals surface area contributed by atoms with E-state index in [1.54, 1.807) is 21.3 Å². The van der Waals surface area contributed by atoms with Gasteiger partial charge >= 0.3 is 0 Å². The van der Waals surface area contributed by atoms with Gasteiger partial charge in [0.15, 0.2) is 0 Å². The summed E-state index contributed by atoms with van der Waals surface area (Å²) in [5.41, 5.74) is 0.